The Hall–Kier alpha value is -5.98. The molecule has 0 fully saturated rings. The zero-order valence-corrected chi connectivity index (χ0v) is 26.2. The van der Waals surface area contributed by atoms with Crippen molar-refractivity contribution in [3.63, 3.8) is 0 Å². The fraction of sp³-hybridized carbons (Fsp3) is 0.0213. The van der Waals surface area contributed by atoms with E-state index in [1.807, 2.05) is 0 Å². The van der Waals surface area contributed by atoms with Crippen molar-refractivity contribution in [2.75, 3.05) is 0 Å². The number of hydrogen-bond acceptors (Lipinski definition) is 0. The molecule has 0 radical (unpaired) electrons. The Morgan fingerprint density at radius 1 is 0.277 bits per heavy atom. The minimum Gasteiger partial charge on any atom is -0.0620 e. The molecule has 47 heavy (non-hydrogen) atoms. The number of fused-ring (bicyclic) bond motifs is 4. The van der Waals surface area contributed by atoms with E-state index in [4.69, 9.17) is 0 Å². The van der Waals surface area contributed by atoms with Gasteiger partial charge in [0, 0.05) is 0 Å². The first kappa shape index (κ1) is 27.3. The van der Waals surface area contributed by atoms with Crippen LogP contribution >= 0.6 is 0 Å². The van der Waals surface area contributed by atoms with Crippen molar-refractivity contribution < 1.29 is 0 Å². The number of aryl methyl sites for hydroxylation is 1. The van der Waals surface area contributed by atoms with Crippen LogP contribution in [0.25, 0.3) is 87.6 Å². The first-order chi connectivity index (χ1) is 23.3. The summed E-state index contributed by atoms with van der Waals surface area (Å²) in [5.41, 5.74) is 11.4. The third kappa shape index (κ3) is 4.45. The van der Waals surface area contributed by atoms with Gasteiger partial charge in [-0.2, -0.15) is 0 Å². The number of rotatable bonds is 4. The van der Waals surface area contributed by atoms with Gasteiger partial charge < -0.3 is 0 Å². The second-order valence-electron chi connectivity index (χ2n) is 12.5. The van der Waals surface area contributed by atoms with Gasteiger partial charge in [-0.25, -0.2) is 0 Å². The predicted molar refractivity (Wildman–Crippen MR) is 203 cm³/mol. The lowest BCUT2D eigenvalue weighted by Gasteiger charge is -2.19. The summed E-state index contributed by atoms with van der Waals surface area (Å²) < 4.78 is 0. The fourth-order valence-corrected chi connectivity index (χ4v) is 7.66. The number of hydrogen-bond donors (Lipinski definition) is 0. The summed E-state index contributed by atoms with van der Waals surface area (Å²) in [4.78, 5) is 0. The van der Waals surface area contributed by atoms with Gasteiger partial charge in [-0.15, -0.1) is 0 Å². The van der Waals surface area contributed by atoms with E-state index in [0.29, 0.717) is 0 Å². The van der Waals surface area contributed by atoms with E-state index in [9.17, 15) is 0 Å². The lowest BCUT2D eigenvalue weighted by atomic mass is 9.84. The molecule has 0 nitrogen and oxygen atoms in total. The SMILES string of the molecule is Cc1ccccc1-c1c2ccccc2c(-c2ccc3cccc(-c4ccccc4-c4cccc5ccccc45)c3c2)c2ccccc12. The molecular weight excluding hydrogens is 565 g/mol. The van der Waals surface area contributed by atoms with Crippen molar-refractivity contribution in [3.05, 3.63) is 181 Å². The summed E-state index contributed by atoms with van der Waals surface area (Å²) in [6, 6.07) is 64.6. The van der Waals surface area contributed by atoms with Crippen LogP contribution in [-0.2, 0) is 0 Å². The predicted octanol–water partition coefficient (Wildman–Crippen LogP) is 13.3. The summed E-state index contributed by atoms with van der Waals surface area (Å²) >= 11 is 0. The summed E-state index contributed by atoms with van der Waals surface area (Å²) in [6.45, 7) is 2.22. The molecule has 9 aromatic carbocycles. The Labute approximate surface area is 275 Å². The van der Waals surface area contributed by atoms with Crippen LogP contribution in [0, 0.1) is 6.92 Å². The molecule has 0 aliphatic carbocycles. The maximum absolute atomic E-state index is 2.42. The molecule has 0 heterocycles. The second-order valence-corrected chi connectivity index (χ2v) is 12.5. The fourth-order valence-electron chi connectivity index (χ4n) is 7.66. The molecule has 0 aliphatic rings. The van der Waals surface area contributed by atoms with Crippen molar-refractivity contribution in [2.24, 2.45) is 0 Å². The highest BCUT2D eigenvalue weighted by molar-refractivity contribution is 6.22. The maximum atomic E-state index is 2.42. The van der Waals surface area contributed by atoms with E-state index in [0.717, 1.165) is 0 Å². The van der Waals surface area contributed by atoms with Gasteiger partial charge >= 0.3 is 0 Å². The van der Waals surface area contributed by atoms with Crippen molar-refractivity contribution in [2.45, 2.75) is 6.92 Å². The van der Waals surface area contributed by atoms with E-state index in [1.165, 1.54) is 93.2 Å². The molecule has 9 rings (SSSR count). The zero-order chi connectivity index (χ0) is 31.3. The largest absolute Gasteiger partial charge is 0.0620 e. The monoisotopic (exact) mass is 596 g/mol. The summed E-state index contributed by atoms with van der Waals surface area (Å²) in [5, 5.41) is 10.1. The van der Waals surface area contributed by atoms with Crippen LogP contribution in [0.3, 0.4) is 0 Å². The molecule has 0 saturated carbocycles. The Kier molecular flexibility index (Phi) is 6.47. The van der Waals surface area contributed by atoms with Gasteiger partial charge in [-0.3, -0.25) is 0 Å². The van der Waals surface area contributed by atoms with Crippen molar-refractivity contribution in [3.8, 4) is 44.5 Å². The van der Waals surface area contributed by atoms with Gasteiger partial charge in [0.2, 0.25) is 0 Å². The minimum absolute atomic E-state index is 1.23. The van der Waals surface area contributed by atoms with E-state index < -0.39 is 0 Å². The molecule has 0 saturated heterocycles. The molecular formula is C47H32. The minimum atomic E-state index is 1.23. The van der Waals surface area contributed by atoms with Crippen molar-refractivity contribution in [1.82, 2.24) is 0 Å². The van der Waals surface area contributed by atoms with E-state index in [1.54, 1.807) is 0 Å². The maximum Gasteiger partial charge on any atom is -0.00237 e. The molecule has 0 aromatic heterocycles. The molecule has 0 atom stereocenters. The molecule has 0 aliphatic heterocycles. The van der Waals surface area contributed by atoms with Crippen LogP contribution in [0.4, 0.5) is 0 Å². The third-order valence-electron chi connectivity index (χ3n) is 9.81. The molecule has 9 aromatic rings. The zero-order valence-electron chi connectivity index (χ0n) is 26.2. The van der Waals surface area contributed by atoms with Gasteiger partial charge in [0.05, 0.1) is 0 Å². The van der Waals surface area contributed by atoms with Gasteiger partial charge in [0.15, 0.2) is 0 Å². The Morgan fingerprint density at radius 2 is 0.702 bits per heavy atom. The third-order valence-corrected chi connectivity index (χ3v) is 9.81. The average molecular weight is 597 g/mol. The highest BCUT2D eigenvalue weighted by Crippen LogP contribution is 2.46. The van der Waals surface area contributed by atoms with Crippen molar-refractivity contribution >= 4 is 43.1 Å². The Morgan fingerprint density at radius 3 is 1.32 bits per heavy atom. The highest BCUT2D eigenvalue weighted by atomic mass is 14.2. The van der Waals surface area contributed by atoms with Gasteiger partial charge in [0.1, 0.15) is 0 Å². The second kappa shape index (κ2) is 11.1. The topological polar surface area (TPSA) is 0 Å². The smallest absolute Gasteiger partial charge is 0.00237 e. The first-order valence-electron chi connectivity index (χ1n) is 16.4. The van der Waals surface area contributed by atoms with Gasteiger partial charge in [0.25, 0.3) is 0 Å². The molecule has 0 unspecified atom stereocenters. The molecule has 0 amide bonds. The van der Waals surface area contributed by atoms with Crippen LogP contribution in [0.15, 0.2) is 176 Å². The normalized spacial score (nSPS) is 11.5. The summed E-state index contributed by atoms with van der Waals surface area (Å²) in [7, 11) is 0. The van der Waals surface area contributed by atoms with Crippen LogP contribution in [0.2, 0.25) is 0 Å². The average Bonchev–Trinajstić information content (AvgIpc) is 3.13. The summed E-state index contributed by atoms with van der Waals surface area (Å²) in [6.07, 6.45) is 0. The lowest BCUT2D eigenvalue weighted by Crippen LogP contribution is -1.93. The van der Waals surface area contributed by atoms with Gasteiger partial charge in [-0.1, -0.05) is 170 Å². The Balaban J connectivity index is 1.32. The molecule has 0 bridgehead atoms. The standard InChI is InChI=1S/C47H32/c1-31-14-2-4-18-35(31)47-43-24-10-8-22-41(43)46(42-23-9-11-25-44(42)47)34-29-28-33-17-13-27-40(45(33)30-34)39-21-7-6-20-38(39)37-26-12-16-32-15-3-5-19-36(32)37/h2-30H,1H3. The lowest BCUT2D eigenvalue weighted by molar-refractivity contribution is 1.47. The first-order valence-corrected chi connectivity index (χ1v) is 16.4. The molecule has 0 N–H and O–H groups in total. The van der Waals surface area contributed by atoms with Crippen molar-refractivity contribution in [1.29, 1.82) is 0 Å². The summed E-state index contributed by atoms with van der Waals surface area (Å²) in [5.74, 6) is 0. The van der Waals surface area contributed by atoms with E-state index in [2.05, 4.69) is 183 Å². The van der Waals surface area contributed by atoms with Crippen LogP contribution in [0.5, 0.6) is 0 Å². The molecule has 0 spiro atoms. The van der Waals surface area contributed by atoms with E-state index in [-0.39, 0.29) is 0 Å². The molecule has 220 valence electrons. The quantitative estimate of drug-likeness (QED) is 0.177. The Bertz CT molecular complexity index is 2580. The van der Waals surface area contributed by atoms with Crippen LogP contribution in [0.1, 0.15) is 5.56 Å². The highest BCUT2D eigenvalue weighted by Gasteiger charge is 2.18. The molecule has 0 heteroatoms. The number of benzene rings is 9. The van der Waals surface area contributed by atoms with Gasteiger partial charge in [-0.05, 0) is 106 Å². The van der Waals surface area contributed by atoms with Crippen LogP contribution < -0.4 is 0 Å². The van der Waals surface area contributed by atoms with Crippen LogP contribution in [-0.4, -0.2) is 0 Å². The van der Waals surface area contributed by atoms with E-state index >= 15 is 0 Å².